The van der Waals surface area contributed by atoms with E-state index in [2.05, 4.69) is 15.6 Å². The average Bonchev–Trinajstić information content (AvgIpc) is 3.17. The van der Waals surface area contributed by atoms with Gasteiger partial charge in [-0.15, -0.1) is 5.10 Å². The average molecular weight is 404 g/mol. The lowest BCUT2D eigenvalue weighted by Gasteiger charge is -2.46. The molecule has 0 bridgehead atoms. The molecule has 0 spiro atoms. The lowest BCUT2D eigenvalue weighted by molar-refractivity contribution is -0.260. The highest BCUT2D eigenvalue weighted by Gasteiger charge is 2.57. The number of esters is 1. The number of carbonyl (C=O) groups excluding carboxylic acids is 2. The summed E-state index contributed by atoms with van der Waals surface area (Å²) >= 11 is 0. The SMILES string of the molecule is COC(=O)[C@@]1(n2cc(CO)nn2)C[C@H](O)[C@@H](NC(C)=O)[C@H]([C@H](O)[C@H](O)CO)O1. The Kier molecular flexibility index (Phi) is 7.03. The molecule has 2 heterocycles. The third kappa shape index (κ3) is 4.14. The highest BCUT2D eigenvalue weighted by atomic mass is 16.6. The molecule has 2 rings (SSSR count). The van der Waals surface area contributed by atoms with Crippen molar-refractivity contribution in [1.82, 2.24) is 20.3 Å². The molecule has 0 aromatic carbocycles. The summed E-state index contributed by atoms with van der Waals surface area (Å²) in [5, 5.41) is 59.0. The molecular weight excluding hydrogens is 380 g/mol. The van der Waals surface area contributed by atoms with Crippen molar-refractivity contribution in [1.29, 1.82) is 0 Å². The van der Waals surface area contributed by atoms with Gasteiger partial charge in [-0.1, -0.05) is 5.21 Å². The molecule has 0 unspecified atom stereocenters. The molecule has 6 N–H and O–H groups in total. The summed E-state index contributed by atoms with van der Waals surface area (Å²) in [5.74, 6) is -1.56. The Balaban J connectivity index is 2.52. The van der Waals surface area contributed by atoms with E-state index < -0.39 is 67.7 Å². The van der Waals surface area contributed by atoms with Gasteiger partial charge in [-0.3, -0.25) is 4.79 Å². The van der Waals surface area contributed by atoms with Crippen LogP contribution in [-0.4, -0.2) is 96.6 Å². The number of hydrogen-bond donors (Lipinski definition) is 6. The first-order valence-corrected chi connectivity index (χ1v) is 8.41. The predicted molar refractivity (Wildman–Crippen MR) is 88.1 cm³/mol. The van der Waals surface area contributed by atoms with Gasteiger partial charge in [0.05, 0.1) is 38.7 Å². The van der Waals surface area contributed by atoms with Gasteiger partial charge in [0.15, 0.2) is 0 Å². The van der Waals surface area contributed by atoms with Crippen molar-refractivity contribution in [3.05, 3.63) is 11.9 Å². The van der Waals surface area contributed by atoms with Crippen LogP contribution in [0.3, 0.4) is 0 Å². The molecule has 1 amide bonds. The third-order valence-electron chi connectivity index (χ3n) is 4.45. The lowest BCUT2D eigenvalue weighted by Crippen LogP contribution is -2.67. The Labute approximate surface area is 159 Å². The Morgan fingerprint density at radius 1 is 1.46 bits per heavy atom. The number of aliphatic hydroxyl groups excluding tert-OH is 5. The number of nitrogens with zero attached hydrogens (tertiary/aromatic N) is 3. The molecule has 1 saturated heterocycles. The second kappa shape index (κ2) is 8.89. The zero-order chi connectivity index (χ0) is 21.1. The fraction of sp³-hybridized carbons (Fsp3) is 0.733. The van der Waals surface area contributed by atoms with E-state index in [0.717, 1.165) is 11.8 Å². The highest BCUT2D eigenvalue weighted by Crippen LogP contribution is 2.36. The summed E-state index contributed by atoms with van der Waals surface area (Å²) in [7, 11) is 1.07. The summed E-state index contributed by atoms with van der Waals surface area (Å²) < 4.78 is 11.4. The molecule has 0 saturated carbocycles. The Morgan fingerprint density at radius 3 is 2.64 bits per heavy atom. The molecule has 0 radical (unpaired) electrons. The third-order valence-corrected chi connectivity index (χ3v) is 4.45. The molecule has 6 atom stereocenters. The van der Waals surface area contributed by atoms with Gasteiger partial charge in [-0.2, -0.15) is 0 Å². The Hall–Kier alpha value is -2.16. The molecule has 1 aliphatic rings. The second-order valence-electron chi connectivity index (χ2n) is 6.41. The van der Waals surface area contributed by atoms with Crippen LogP contribution in [0.2, 0.25) is 0 Å². The summed E-state index contributed by atoms with van der Waals surface area (Å²) in [5.41, 5.74) is -2.01. The quantitative estimate of drug-likeness (QED) is 0.242. The van der Waals surface area contributed by atoms with Gasteiger partial charge in [-0.05, 0) is 0 Å². The molecule has 1 aliphatic heterocycles. The van der Waals surface area contributed by atoms with Gasteiger partial charge in [0.25, 0.3) is 5.72 Å². The van der Waals surface area contributed by atoms with Crippen molar-refractivity contribution in [2.24, 2.45) is 0 Å². The zero-order valence-electron chi connectivity index (χ0n) is 15.3. The van der Waals surface area contributed by atoms with Gasteiger partial charge in [0.2, 0.25) is 5.91 Å². The maximum Gasteiger partial charge on any atom is 0.361 e. The largest absolute Gasteiger partial charge is 0.465 e. The Bertz CT molecular complexity index is 699. The van der Waals surface area contributed by atoms with E-state index in [1.54, 1.807) is 0 Å². The van der Waals surface area contributed by atoms with Gasteiger partial charge in [0.1, 0.15) is 24.0 Å². The number of aliphatic hydroxyl groups is 5. The van der Waals surface area contributed by atoms with E-state index in [1.807, 2.05) is 0 Å². The fourth-order valence-corrected chi connectivity index (χ4v) is 3.08. The van der Waals surface area contributed by atoms with E-state index in [1.165, 1.54) is 13.1 Å². The minimum absolute atomic E-state index is 0.0952. The van der Waals surface area contributed by atoms with Crippen LogP contribution in [0.15, 0.2) is 6.20 Å². The maximum atomic E-state index is 12.6. The van der Waals surface area contributed by atoms with Gasteiger partial charge >= 0.3 is 5.97 Å². The second-order valence-corrected chi connectivity index (χ2v) is 6.41. The van der Waals surface area contributed by atoms with Gasteiger partial charge < -0.3 is 40.3 Å². The Morgan fingerprint density at radius 2 is 2.14 bits per heavy atom. The van der Waals surface area contributed by atoms with Crippen LogP contribution >= 0.6 is 0 Å². The van der Waals surface area contributed by atoms with Crippen LogP contribution in [-0.2, 0) is 31.4 Å². The number of nitrogens with one attached hydrogen (secondary N) is 1. The van der Waals surface area contributed by atoms with Gasteiger partial charge in [0, 0.05) is 13.3 Å². The van der Waals surface area contributed by atoms with Crippen molar-refractivity contribution in [2.45, 2.75) is 56.1 Å². The van der Waals surface area contributed by atoms with Crippen LogP contribution in [0.1, 0.15) is 19.0 Å². The molecular formula is C15H24N4O9. The summed E-state index contributed by atoms with van der Waals surface area (Å²) in [6.45, 7) is -0.150. The summed E-state index contributed by atoms with van der Waals surface area (Å²) in [6.07, 6.45) is -5.71. The van der Waals surface area contributed by atoms with Crippen LogP contribution in [0.4, 0.5) is 0 Å². The normalized spacial score (nSPS) is 29.8. The number of rotatable bonds is 7. The number of ether oxygens (including phenoxy) is 2. The minimum atomic E-state index is -2.11. The highest BCUT2D eigenvalue weighted by molar-refractivity contribution is 5.77. The van der Waals surface area contributed by atoms with Crippen molar-refractivity contribution < 1.29 is 44.6 Å². The van der Waals surface area contributed by atoms with E-state index in [0.29, 0.717) is 0 Å². The summed E-state index contributed by atoms with van der Waals surface area (Å²) in [4.78, 5) is 24.1. The monoisotopic (exact) mass is 404 g/mol. The molecule has 13 nitrogen and oxygen atoms in total. The molecule has 28 heavy (non-hydrogen) atoms. The summed E-state index contributed by atoms with van der Waals surface area (Å²) in [6, 6.07) is -1.22. The van der Waals surface area contributed by atoms with Gasteiger partial charge in [-0.25, -0.2) is 9.48 Å². The maximum absolute atomic E-state index is 12.6. The number of methoxy groups -OCH3 is 1. The molecule has 1 aromatic rings. The first-order chi connectivity index (χ1) is 13.2. The lowest BCUT2D eigenvalue weighted by atomic mass is 9.87. The van der Waals surface area contributed by atoms with Crippen molar-refractivity contribution in [3.8, 4) is 0 Å². The topological polar surface area (TPSA) is 196 Å². The smallest absolute Gasteiger partial charge is 0.361 e. The van der Waals surface area contributed by atoms with Crippen molar-refractivity contribution >= 4 is 11.9 Å². The number of hydrogen-bond acceptors (Lipinski definition) is 11. The molecule has 158 valence electrons. The van der Waals surface area contributed by atoms with Crippen LogP contribution in [0, 0.1) is 0 Å². The van der Waals surface area contributed by atoms with E-state index in [-0.39, 0.29) is 5.69 Å². The predicted octanol–water partition coefficient (Wildman–Crippen LogP) is -4.04. The standard InChI is InChI=1S/C15H24N4O9/c1-7(22)16-11-9(23)3-15(14(26)27-2,19-4-8(5-20)17-18-19)28-13(11)12(25)10(24)6-21/h4,9-13,20-21,23-25H,3,5-6H2,1-2H3,(H,16,22)/t9-,10+,11+,12+,13+,15+/m0/s1. The van der Waals surface area contributed by atoms with Crippen molar-refractivity contribution in [3.63, 3.8) is 0 Å². The van der Waals surface area contributed by atoms with Crippen molar-refractivity contribution in [2.75, 3.05) is 13.7 Å². The first kappa shape index (κ1) is 22.1. The first-order valence-electron chi connectivity index (χ1n) is 8.41. The van der Waals surface area contributed by atoms with Crippen LogP contribution < -0.4 is 5.32 Å². The molecule has 1 fully saturated rings. The fourth-order valence-electron chi connectivity index (χ4n) is 3.08. The zero-order valence-corrected chi connectivity index (χ0v) is 15.3. The minimum Gasteiger partial charge on any atom is -0.465 e. The van der Waals surface area contributed by atoms with E-state index in [9.17, 15) is 30.0 Å². The molecule has 1 aromatic heterocycles. The molecule has 13 heteroatoms. The van der Waals surface area contributed by atoms with Crippen LogP contribution in [0.25, 0.3) is 0 Å². The molecule has 0 aliphatic carbocycles. The van der Waals surface area contributed by atoms with Crippen LogP contribution in [0.5, 0.6) is 0 Å². The van der Waals surface area contributed by atoms with E-state index in [4.69, 9.17) is 14.6 Å². The number of carbonyl (C=O) groups is 2. The number of aromatic nitrogens is 3. The van der Waals surface area contributed by atoms with E-state index >= 15 is 0 Å². The number of amides is 1.